The molecule has 0 fully saturated rings. The van der Waals surface area contributed by atoms with Crippen LogP contribution >= 0.6 is 0 Å². The number of benzene rings is 2. The van der Waals surface area contributed by atoms with Crippen molar-refractivity contribution < 1.29 is 35.8 Å². The van der Waals surface area contributed by atoms with Gasteiger partial charge in [0, 0.05) is 23.3 Å². The average molecular weight is 432 g/mol. The first kappa shape index (κ1) is 21.3. The molecule has 4 rings (SSSR count). The second-order valence-electron chi connectivity index (χ2n) is 6.16. The Morgan fingerprint density at radius 3 is 1.23 bits per heavy atom. The van der Waals surface area contributed by atoms with Gasteiger partial charge in [-0.1, -0.05) is 0 Å². The normalized spacial score (nSPS) is 19.9. The van der Waals surface area contributed by atoms with Gasteiger partial charge in [0.05, 0.1) is 0 Å². The number of rotatable bonds is 2. The second-order valence-corrected chi connectivity index (χ2v) is 6.16. The fourth-order valence-electron chi connectivity index (χ4n) is 2.69. The Morgan fingerprint density at radius 1 is 0.600 bits per heavy atom. The van der Waals surface area contributed by atoms with Crippen LogP contribution in [-0.4, -0.2) is 25.3 Å². The van der Waals surface area contributed by atoms with Crippen molar-refractivity contribution in [3.05, 3.63) is 70.3 Å². The maximum Gasteiger partial charge on any atom is 0.282 e. The van der Waals surface area contributed by atoms with Crippen molar-refractivity contribution in [2.75, 3.05) is 13.2 Å². The van der Waals surface area contributed by atoms with Crippen molar-refractivity contribution in [3.63, 3.8) is 0 Å². The molecule has 2 atom stereocenters. The molecular formula is C18H14F6N4O2. The molecular weight excluding hydrogens is 418 g/mol. The van der Waals surface area contributed by atoms with Crippen molar-refractivity contribution in [3.8, 4) is 0 Å². The smallest absolute Gasteiger partial charge is 0.282 e. The minimum absolute atomic E-state index is 0.0355. The van der Waals surface area contributed by atoms with Crippen molar-refractivity contribution in [2.24, 2.45) is 21.5 Å². The summed E-state index contributed by atoms with van der Waals surface area (Å²) in [6.45, 7) is 0.0711. The Kier molecular flexibility index (Phi) is 6.04. The van der Waals surface area contributed by atoms with Gasteiger partial charge in [0.15, 0.2) is 23.3 Å². The van der Waals surface area contributed by atoms with Crippen LogP contribution in [0.3, 0.4) is 0 Å². The van der Waals surface area contributed by atoms with Crippen molar-refractivity contribution in [1.29, 1.82) is 0 Å². The van der Waals surface area contributed by atoms with E-state index in [2.05, 4.69) is 9.98 Å². The zero-order valence-electron chi connectivity index (χ0n) is 15.0. The number of amidine groups is 2. The molecule has 2 aliphatic rings. The number of ether oxygens (including phenoxy) is 2. The predicted octanol–water partition coefficient (Wildman–Crippen LogP) is 2.98. The van der Waals surface area contributed by atoms with Gasteiger partial charge in [-0.15, -0.1) is 0 Å². The van der Waals surface area contributed by atoms with Gasteiger partial charge >= 0.3 is 0 Å². The molecule has 0 aromatic heterocycles. The van der Waals surface area contributed by atoms with Crippen LogP contribution in [0.5, 0.6) is 0 Å². The monoisotopic (exact) mass is 432 g/mol. The fraction of sp³-hybridized carbons (Fsp3) is 0.222. The number of nitrogens with zero attached hydrogens (tertiary/aromatic N) is 2. The highest BCUT2D eigenvalue weighted by Crippen LogP contribution is 2.27. The summed E-state index contributed by atoms with van der Waals surface area (Å²) < 4.78 is 87.0. The third-order valence-electron chi connectivity index (χ3n) is 4.14. The number of hydrogen-bond acceptors (Lipinski definition) is 6. The lowest BCUT2D eigenvalue weighted by Crippen LogP contribution is -2.10. The summed E-state index contributed by atoms with van der Waals surface area (Å²) in [6, 6.07) is 0.916. The van der Waals surface area contributed by atoms with Crippen LogP contribution in [0.15, 0.2) is 34.3 Å². The van der Waals surface area contributed by atoms with Gasteiger partial charge in [0.2, 0.25) is 0 Å². The molecule has 0 amide bonds. The van der Waals surface area contributed by atoms with Gasteiger partial charge in [0.25, 0.3) is 12.0 Å². The van der Waals surface area contributed by atoms with Gasteiger partial charge in [-0.05, 0) is 12.1 Å². The first-order valence-corrected chi connectivity index (χ1v) is 8.36. The van der Waals surface area contributed by atoms with Gasteiger partial charge < -0.3 is 20.9 Å². The van der Waals surface area contributed by atoms with Gasteiger partial charge in [-0.2, -0.15) is 0 Å². The Balaban J connectivity index is 0.000000171. The van der Waals surface area contributed by atoms with E-state index < -0.39 is 47.0 Å². The van der Waals surface area contributed by atoms with Crippen LogP contribution in [-0.2, 0) is 9.47 Å². The number of nitrogens with two attached hydrogens (primary N) is 2. The molecule has 6 nitrogen and oxygen atoms in total. The van der Waals surface area contributed by atoms with Gasteiger partial charge in [-0.25, -0.2) is 36.3 Å². The molecule has 1 unspecified atom stereocenters. The highest BCUT2D eigenvalue weighted by atomic mass is 19.2. The lowest BCUT2D eigenvalue weighted by molar-refractivity contribution is 0.311. The molecule has 12 heteroatoms. The third-order valence-corrected chi connectivity index (χ3v) is 4.14. The molecule has 2 heterocycles. The molecule has 0 aliphatic carbocycles. The number of halogens is 6. The van der Waals surface area contributed by atoms with Gasteiger partial charge in [0.1, 0.15) is 36.9 Å². The first-order valence-electron chi connectivity index (χ1n) is 8.36. The zero-order chi connectivity index (χ0) is 22.0. The Hall–Kier alpha value is -3.44. The van der Waals surface area contributed by atoms with Crippen LogP contribution in [0, 0.1) is 34.9 Å². The summed E-state index contributed by atoms with van der Waals surface area (Å²) in [6.07, 6.45) is 0. The summed E-state index contributed by atoms with van der Waals surface area (Å²) in [5.41, 5.74) is 10.3. The second kappa shape index (κ2) is 8.51. The molecule has 2 aromatic rings. The quantitative estimate of drug-likeness (QED) is 0.564. The van der Waals surface area contributed by atoms with E-state index in [0.29, 0.717) is 12.1 Å². The van der Waals surface area contributed by atoms with E-state index >= 15 is 0 Å². The van der Waals surface area contributed by atoms with Crippen LogP contribution in [0.1, 0.15) is 23.2 Å². The molecule has 160 valence electrons. The minimum Gasteiger partial charge on any atom is -0.463 e. The largest absolute Gasteiger partial charge is 0.463 e. The maximum absolute atomic E-state index is 13.2. The third kappa shape index (κ3) is 4.58. The van der Waals surface area contributed by atoms with Crippen LogP contribution in [0.25, 0.3) is 0 Å². The summed E-state index contributed by atoms with van der Waals surface area (Å²) >= 11 is 0. The van der Waals surface area contributed by atoms with E-state index in [4.69, 9.17) is 20.9 Å². The molecule has 2 aliphatic heterocycles. The molecule has 30 heavy (non-hydrogen) atoms. The summed E-state index contributed by atoms with van der Waals surface area (Å²) in [5, 5.41) is 0. The standard InChI is InChI=1S/2C9H7F3N2O/c2*10-5-2-7(12)6(11)1-4(5)8-3-15-9(13)14-8/h2*1-2,8H,3H2,(H2,13,14)/t8-;/m0./s1. The lowest BCUT2D eigenvalue weighted by atomic mass is 10.1. The van der Waals surface area contributed by atoms with Crippen molar-refractivity contribution in [2.45, 2.75) is 12.1 Å². The highest BCUT2D eigenvalue weighted by Gasteiger charge is 2.24. The molecule has 0 saturated heterocycles. The molecule has 0 spiro atoms. The fourth-order valence-corrected chi connectivity index (χ4v) is 2.69. The Labute approximate surface area is 165 Å². The van der Waals surface area contributed by atoms with Crippen molar-refractivity contribution in [1.82, 2.24) is 0 Å². The summed E-state index contributed by atoms with van der Waals surface area (Å²) in [7, 11) is 0. The van der Waals surface area contributed by atoms with Gasteiger partial charge in [-0.3, -0.25) is 0 Å². The van der Waals surface area contributed by atoms with E-state index in [-0.39, 0.29) is 36.4 Å². The van der Waals surface area contributed by atoms with E-state index in [0.717, 1.165) is 12.1 Å². The average Bonchev–Trinajstić information content (AvgIpc) is 3.30. The zero-order valence-corrected chi connectivity index (χ0v) is 15.0. The van der Waals surface area contributed by atoms with Crippen LogP contribution < -0.4 is 11.5 Å². The van der Waals surface area contributed by atoms with Crippen molar-refractivity contribution >= 4 is 12.0 Å². The summed E-state index contributed by atoms with van der Waals surface area (Å²) in [5.74, 6) is -6.42. The molecule has 0 bridgehead atoms. The highest BCUT2D eigenvalue weighted by molar-refractivity contribution is 5.73. The Morgan fingerprint density at radius 2 is 0.933 bits per heavy atom. The first-order chi connectivity index (χ1) is 14.2. The van der Waals surface area contributed by atoms with E-state index in [1.165, 1.54) is 0 Å². The predicted molar refractivity (Wildman–Crippen MR) is 93.3 cm³/mol. The topological polar surface area (TPSA) is 95.2 Å². The Bertz CT molecular complexity index is 949. The van der Waals surface area contributed by atoms with E-state index in [1.807, 2.05) is 0 Å². The molecule has 0 radical (unpaired) electrons. The van der Waals surface area contributed by atoms with Crippen LogP contribution in [0.2, 0.25) is 0 Å². The van der Waals surface area contributed by atoms with Crippen LogP contribution in [0.4, 0.5) is 26.3 Å². The number of aliphatic imine (C=N–C) groups is 2. The van der Waals surface area contributed by atoms with E-state index in [9.17, 15) is 26.3 Å². The van der Waals surface area contributed by atoms with E-state index in [1.54, 1.807) is 0 Å². The molecule has 2 aromatic carbocycles. The SMILES string of the molecule is NC1=NC(c2cc(F)c(F)cc2F)CO1.NC1=N[C@H](c2cc(F)c(F)cc2F)CO1. The maximum atomic E-state index is 13.2. The summed E-state index contributed by atoms with van der Waals surface area (Å²) in [4.78, 5) is 7.47. The minimum atomic E-state index is -1.23. The number of hydrogen-bond donors (Lipinski definition) is 2. The lowest BCUT2D eigenvalue weighted by Gasteiger charge is -2.07. The molecule has 4 N–H and O–H groups in total. The molecule has 0 saturated carbocycles.